The highest BCUT2D eigenvalue weighted by atomic mass is 35.5. The van der Waals surface area contributed by atoms with Crippen molar-refractivity contribution in [1.29, 1.82) is 0 Å². The summed E-state index contributed by atoms with van der Waals surface area (Å²) in [5.41, 5.74) is 1.30. The van der Waals surface area contributed by atoms with Crippen LogP contribution in [-0.4, -0.2) is 8.07 Å². The molecule has 0 saturated heterocycles. The third-order valence-corrected chi connectivity index (χ3v) is 4.36. The Kier molecular flexibility index (Phi) is 2.97. The number of benzene rings is 1. The summed E-state index contributed by atoms with van der Waals surface area (Å²) in [6, 6.07) is 8.50. The van der Waals surface area contributed by atoms with Gasteiger partial charge in [0.2, 0.25) is 0 Å². The second-order valence-electron chi connectivity index (χ2n) is 4.04. The molecule has 0 bridgehead atoms. The van der Waals surface area contributed by atoms with E-state index < -0.39 is 8.07 Å². The van der Waals surface area contributed by atoms with E-state index in [4.69, 9.17) is 11.6 Å². The van der Waals surface area contributed by atoms with E-state index in [1.165, 1.54) is 10.8 Å². The zero-order chi connectivity index (χ0) is 9.19. The van der Waals surface area contributed by atoms with Gasteiger partial charge in [-0.05, 0) is 5.56 Å². The van der Waals surface area contributed by atoms with Crippen LogP contribution in [0.4, 0.5) is 0 Å². The summed E-state index contributed by atoms with van der Waals surface area (Å²) < 4.78 is 0. The van der Waals surface area contributed by atoms with Crippen LogP contribution in [0.1, 0.15) is 5.56 Å². The lowest BCUT2D eigenvalue weighted by molar-refractivity contribution is 1.42. The van der Waals surface area contributed by atoms with Crippen LogP contribution in [0.3, 0.4) is 0 Å². The van der Waals surface area contributed by atoms with Gasteiger partial charge in [-0.1, -0.05) is 49.1 Å². The van der Waals surface area contributed by atoms with Crippen molar-refractivity contribution in [1.82, 2.24) is 0 Å². The molecule has 0 fully saturated rings. The molecule has 0 amide bonds. The van der Waals surface area contributed by atoms with Gasteiger partial charge in [0, 0.05) is 5.88 Å². The number of hydrogen-bond donors (Lipinski definition) is 0. The topological polar surface area (TPSA) is 0 Å². The van der Waals surface area contributed by atoms with Gasteiger partial charge in [0.15, 0.2) is 0 Å². The van der Waals surface area contributed by atoms with Crippen LogP contribution in [0.2, 0.25) is 19.6 Å². The Labute approximate surface area is 80.6 Å². The van der Waals surface area contributed by atoms with Crippen LogP contribution in [0.5, 0.6) is 0 Å². The molecule has 0 heterocycles. The molecule has 0 N–H and O–H groups in total. The Morgan fingerprint density at radius 2 is 1.75 bits per heavy atom. The minimum Gasteiger partial charge on any atom is -0.122 e. The summed E-state index contributed by atoms with van der Waals surface area (Å²) >= 11 is 5.86. The van der Waals surface area contributed by atoms with Crippen LogP contribution >= 0.6 is 11.6 Å². The van der Waals surface area contributed by atoms with Crippen molar-refractivity contribution >= 4 is 24.9 Å². The first-order chi connectivity index (χ1) is 5.55. The first-order valence-electron chi connectivity index (χ1n) is 4.20. The van der Waals surface area contributed by atoms with Crippen LogP contribution in [0.25, 0.3) is 0 Å². The maximum Gasteiger partial charge on any atom is 0.0780 e. The van der Waals surface area contributed by atoms with Gasteiger partial charge in [0.05, 0.1) is 8.07 Å². The minimum atomic E-state index is -1.18. The smallest absolute Gasteiger partial charge is 0.0780 e. The largest absolute Gasteiger partial charge is 0.122 e. The number of rotatable bonds is 2. The lowest BCUT2D eigenvalue weighted by Gasteiger charge is -2.19. The lowest BCUT2D eigenvalue weighted by Crippen LogP contribution is -2.39. The van der Waals surface area contributed by atoms with E-state index in [-0.39, 0.29) is 0 Å². The normalized spacial score (nSPS) is 11.7. The fourth-order valence-corrected chi connectivity index (χ4v) is 3.44. The van der Waals surface area contributed by atoms with Gasteiger partial charge in [0.1, 0.15) is 0 Å². The molecule has 0 saturated carbocycles. The van der Waals surface area contributed by atoms with Crippen molar-refractivity contribution in [2.24, 2.45) is 0 Å². The van der Waals surface area contributed by atoms with Gasteiger partial charge in [-0.25, -0.2) is 0 Å². The molecule has 0 unspecified atom stereocenters. The molecule has 0 aliphatic carbocycles. The summed E-state index contributed by atoms with van der Waals surface area (Å²) in [7, 11) is -1.18. The van der Waals surface area contributed by atoms with E-state index in [0.29, 0.717) is 5.88 Å². The summed E-state index contributed by atoms with van der Waals surface area (Å²) in [5.74, 6) is 0.639. The maximum atomic E-state index is 5.86. The Bertz CT molecular complexity index is 263. The highest BCUT2D eigenvalue weighted by molar-refractivity contribution is 6.89. The third-order valence-electron chi connectivity index (χ3n) is 1.97. The lowest BCUT2D eigenvalue weighted by atomic mass is 10.2. The molecule has 12 heavy (non-hydrogen) atoms. The van der Waals surface area contributed by atoms with E-state index in [1.807, 2.05) is 0 Å². The second-order valence-corrected chi connectivity index (χ2v) is 9.35. The fourth-order valence-electron chi connectivity index (χ4n) is 1.37. The number of halogens is 1. The van der Waals surface area contributed by atoms with Gasteiger partial charge < -0.3 is 0 Å². The van der Waals surface area contributed by atoms with Crippen LogP contribution in [-0.2, 0) is 5.88 Å². The van der Waals surface area contributed by atoms with Gasteiger partial charge in [0.25, 0.3) is 0 Å². The van der Waals surface area contributed by atoms with Gasteiger partial charge in [-0.2, -0.15) is 0 Å². The molecular weight excluding hydrogens is 184 g/mol. The summed E-state index contributed by atoms with van der Waals surface area (Å²) in [6.07, 6.45) is 0. The van der Waals surface area contributed by atoms with Crippen LogP contribution in [0, 0.1) is 0 Å². The average Bonchev–Trinajstić information content (AvgIpc) is 2.03. The van der Waals surface area contributed by atoms with E-state index in [2.05, 4.69) is 43.9 Å². The minimum absolute atomic E-state index is 0.639. The van der Waals surface area contributed by atoms with Crippen molar-refractivity contribution in [2.45, 2.75) is 25.5 Å². The molecule has 66 valence electrons. The zero-order valence-electron chi connectivity index (χ0n) is 7.89. The van der Waals surface area contributed by atoms with Crippen molar-refractivity contribution in [3.8, 4) is 0 Å². The predicted octanol–water partition coefficient (Wildman–Crippen LogP) is 2.97. The molecule has 1 aromatic rings. The van der Waals surface area contributed by atoms with E-state index in [9.17, 15) is 0 Å². The average molecular weight is 199 g/mol. The molecule has 0 aromatic heterocycles. The predicted molar refractivity (Wildman–Crippen MR) is 59.0 cm³/mol. The molecule has 2 heteroatoms. The van der Waals surface area contributed by atoms with Crippen LogP contribution < -0.4 is 5.19 Å². The first-order valence-corrected chi connectivity index (χ1v) is 8.23. The number of hydrogen-bond acceptors (Lipinski definition) is 0. The molecule has 1 aromatic carbocycles. The Morgan fingerprint density at radius 1 is 1.17 bits per heavy atom. The van der Waals surface area contributed by atoms with E-state index in [0.717, 1.165) is 0 Å². The standard InChI is InChI=1S/C10H15ClSi/c1-12(2,3)10-7-5-4-6-9(10)8-11/h4-7H,8H2,1-3H3. The van der Waals surface area contributed by atoms with Crippen molar-refractivity contribution in [3.05, 3.63) is 29.8 Å². The zero-order valence-corrected chi connectivity index (χ0v) is 9.65. The molecule has 0 aliphatic heterocycles. The molecule has 0 nitrogen and oxygen atoms in total. The Balaban J connectivity index is 3.14. The quantitative estimate of drug-likeness (QED) is 0.507. The van der Waals surface area contributed by atoms with Gasteiger partial charge in [-0.15, -0.1) is 11.6 Å². The maximum absolute atomic E-state index is 5.86. The van der Waals surface area contributed by atoms with Crippen LogP contribution in [0.15, 0.2) is 24.3 Å². The van der Waals surface area contributed by atoms with Crippen molar-refractivity contribution < 1.29 is 0 Å². The third kappa shape index (κ3) is 2.11. The fraction of sp³-hybridized carbons (Fsp3) is 0.400. The highest BCUT2D eigenvalue weighted by Gasteiger charge is 2.18. The summed E-state index contributed by atoms with van der Waals surface area (Å²) in [6.45, 7) is 7.04. The van der Waals surface area contributed by atoms with E-state index >= 15 is 0 Å². The van der Waals surface area contributed by atoms with E-state index in [1.54, 1.807) is 0 Å². The molecule has 0 spiro atoms. The van der Waals surface area contributed by atoms with Gasteiger partial charge in [-0.3, -0.25) is 0 Å². The summed E-state index contributed by atoms with van der Waals surface area (Å²) in [4.78, 5) is 0. The molecule has 1 rings (SSSR count). The SMILES string of the molecule is C[Si](C)(C)c1ccccc1CCl. The molecule has 0 aliphatic rings. The molecule has 0 atom stereocenters. The molecular formula is C10H15ClSi. The molecule has 0 radical (unpaired) electrons. The number of alkyl halides is 1. The highest BCUT2D eigenvalue weighted by Crippen LogP contribution is 2.08. The van der Waals surface area contributed by atoms with Crippen molar-refractivity contribution in [2.75, 3.05) is 0 Å². The Hall–Kier alpha value is -0.273. The monoisotopic (exact) mass is 198 g/mol. The Morgan fingerprint density at radius 3 is 2.17 bits per heavy atom. The summed E-state index contributed by atoms with van der Waals surface area (Å²) in [5, 5.41) is 1.49. The first kappa shape index (κ1) is 9.81. The van der Waals surface area contributed by atoms with Gasteiger partial charge >= 0.3 is 0 Å². The van der Waals surface area contributed by atoms with Crippen molar-refractivity contribution in [3.63, 3.8) is 0 Å². The second kappa shape index (κ2) is 3.63.